The molecule has 2 N–H and O–H groups in total. The number of amides is 1. The molecule has 144 valence electrons. The number of halogens is 1. The molecule has 0 radical (unpaired) electrons. The lowest BCUT2D eigenvalue weighted by molar-refractivity contribution is -0.138. The van der Waals surface area contributed by atoms with E-state index in [4.69, 9.17) is 22.1 Å². The predicted octanol–water partition coefficient (Wildman–Crippen LogP) is 1.89. The maximum absolute atomic E-state index is 12.6. The van der Waals surface area contributed by atoms with Gasteiger partial charge in [0.1, 0.15) is 0 Å². The Balaban J connectivity index is 2.07. The van der Waals surface area contributed by atoms with Crippen LogP contribution in [-0.4, -0.2) is 55.4 Å². The van der Waals surface area contributed by atoms with E-state index in [2.05, 4.69) is 0 Å². The van der Waals surface area contributed by atoms with Gasteiger partial charge in [0.15, 0.2) is 16.4 Å². The number of hydrogen-bond donors (Lipinski definition) is 1. The summed E-state index contributed by atoms with van der Waals surface area (Å²) in [5.41, 5.74) is 5.93. The fourth-order valence-electron chi connectivity index (χ4n) is 3.00. The van der Waals surface area contributed by atoms with Gasteiger partial charge in [0.2, 0.25) is 0 Å². The number of anilines is 1. The van der Waals surface area contributed by atoms with Crippen LogP contribution < -0.4 is 5.73 Å². The summed E-state index contributed by atoms with van der Waals surface area (Å²) < 4.78 is 28.6. The van der Waals surface area contributed by atoms with Crippen LogP contribution in [-0.2, 0) is 19.4 Å². The van der Waals surface area contributed by atoms with Crippen molar-refractivity contribution in [3.8, 4) is 0 Å². The van der Waals surface area contributed by atoms with E-state index in [1.54, 1.807) is 12.1 Å². The Morgan fingerprint density at radius 3 is 2.69 bits per heavy atom. The van der Waals surface area contributed by atoms with Gasteiger partial charge in [-0.1, -0.05) is 24.6 Å². The monoisotopic (exact) mass is 402 g/mol. The largest absolute Gasteiger partial charge is 0.452 e. The normalized spacial score (nSPS) is 19.7. The Labute approximate surface area is 158 Å². The fourth-order valence-corrected chi connectivity index (χ4v) is 4.88. The van der Waals surface area contributed by atoms with Crippen molar-refractivity contribution in [2.45, 2.75) is 38.8 Å². The van der Waals surface area contributed by atoms with Gasteiger partial charge in [0.25, 0.3) is 5.91 Å². The number of para-hydroxylation sites is 1. The van der Waals surface area contributed by atoms with Crippen molar-refractivity contribution < 1.29 is 22.7 Å². The van der Waals surface area contributed by atoms with Crippen molar-refractivity contribution in [1.29, 1.82) is 0 Å². The maximum Gasteiger partial charge on any atom is 0.340 e. The summed E-state index contributed by atoms with van der Waals surface area (Å²) in [6, 6.07) is 4.02. The molecule has 1 aliphatic heterocycles. The molecule has 1 amide bonds. The van der Waals surface area contributed by atoms with Crippen LogP contribution in [0.25, 0.3) is 0 Å². The van der Waals surface area contributed by atoms with E-state index in [0.29, 0.717) is 12.8 Å². The van der Waals surface area contributed by atoms with E-state index in [-0.39, 0.29) is 33.8 Å². The zero-order chi connectivity index (χ0) is 19.5. The number of ether oxygens (including phenoxy) is 1. The average Bonchev–Trinajstić information content (AvgIpc) is 2.94. The lowest BCUT2D eigenvalue weighted by Crippen LogP contribution is -2.48. The molecule has 0 bridgehead atoms. The molecule has 26 heavy (non-hydrogen) atoms. The number of esters is 1. The van der Waals surface area contributed by atoms with Gasteiger partial charge < -0.3 is 15.4 Å². The summed E-state index contributed by atoms with van der Waals surface area (Å²) >= 11 is 5.88. The highest BCUT2D eigenvalue weighted by Gasteiger charge is 2.36. The number of benzene rings is 1. The second-order valence-electron chi connectivity index (χ2n) is 6.39. The first-order valence-electron chi connectivity index (χ1n) is 8.39. The Hall–Kier alpha value is -1.80. The Morgan fingerprint density at radius 2 is 2.12 bits per heavy atom. The number of nitrogens with zero attached hydrogens (tertiary/aromatic N) is 1. The number of hydrogen-bond acceptors (Lipinski definition) is 6. The van der Waals surface area contributed by atoms with Gasteiger partial charge in [-0.05, 0) is 31.9 Å². The first kappa shape index (κ1) is 20.5. The van der Waals surface area contributed by atoms with E-state index in [1.165, 1.54) is 11.0 Å². The summed E-state index contributed by atoms with van der Waals surface area (Å²) in [6.07, 6.45) is 1.06. The van der Waals surface area contributed by atoms with E-state index < -0.39 is 34.4 Å². The Bertz CT molecular complexity index is 796. The minimum atomic E-state index is -3.13. The van der Waals surface area contributed by atoms with E-state index >= 15 is 0 Å². The number of sulfone groups is 1. The Morgan fingerprint density at radius 1 is 1.42 bits per heavy atom. The van der Waals surface area contributed by atoms with Crippen LogP contribution in [0.15, 0.2) is 18.2 Å². The predicted molar refractivity (Wildman–Crippen MR) is 99.8 cm³/mol. The molecule has 2 atom stereocenters. The molecule has 0 saturated carbocycles. The molecule has 1 fully saturated rings. The van der Waals surface area contributed by atoms with Gasteiger partial charge in [-0.3, -0.25) is 4.79 Å². The number of rotatable bonds is 6. The maximum atomic E-state index is 12.6. The molecule has 7 nitrogen and oxygen atoms in total. The topological polar surface area (TPSA) is 107 Å². The highest BCUT2D eigenvalue weighted by molar-refractivity contribution is 7.91. The summed E-state index contributed by atoms with van der Waals surface area (Å²) in [7, 11) is -3.13. The van der Waals surface area contributed by atoms with Crippen molar-refractivity contribution in [3.05, 3.63) is 28.8 Å². The van der Waals surface area contributed by atoms with E-state index in [0.717, 1.165) is 0 Å². The van der Waals surface area contributed by atoms with Crippen molar-refractivity contribution in [2.75, 3.05) is 23.8 Å². The third-order valence-corrected chi connectivity index (χ3v) is 6.63. The first-order valence-corrected chi connectivity index (χ1v) is 10.6. The highest BCUT2D eigenvalue weighted by Crippen LogP contribution is 2.24. The number of nitrogens with two attached hydrogens (primary N) is 1. The molecule has 9 heteroatoms. The zero-order valence-corrected chi connectivity index (χ0v) is 16.3. The van der Waals surface area contributed by atoms with Crippen molar-refractivity contribution in [2.24, 2.45) is 0 Å². The van der Waals surface area contributed by atoms with Gasteiger partial charge >= 0.3 is 5.97 Å². The molecule has 0 aromatic heterocycles. The summed E-state index contributed by atoms with van der Waals surface area (Å²) in [5, 5.41) is 0.225. The minimum absolute atomic E-state index is 0.0573. The van der Waals surface area contributed by atoms with Gasteiger partial charge in [-0.25, -0.2) is 13.2 Å². The molecule has 0 spiro atoms. The Kier molecular flexibility index (Phi) is 6.52. The number of nitrogen functional groups attached to an aromatic ring is 1. The minimum Gasteiger partial charge on any atom is -0.452 e. The second-order valence-corrected chi connectivity index (χ2v) is 9.03. The first-order chi connectivity index (χ1) is 12.2. The molecule has 0 unspecified atom stereocenters. The second kappa shape index (κ2) is 8.26. The lowest BCUT2D eigenvalue weighted by Gasteiger charge is -2.33. The van der Waals surface area contributed by atoms with Crippen LogP contribution >= 0.6 is 11.6 Å². The van der Waals surface area contributed by atoms with Gasteiger partial charge in [0.05, 0.1) is 27.8 Å². The molecule has 0 aliphatic carbocycles. The van der Waals surface area contributed by atoms with Crippen LogP contribution in [0.2, 0.25) is 5.02 Å². The fraction of sp³-hybridized carbons (Fsp3) is 0.529. The molecule has 2 rings (SSSR count). The molecule has 1 heterocycles. The molecule has 1 aliphatic rings. The summed E-state index contributed by atoms with van der Waals surface area (Å²) in [5.74, 6) is -1.16. The van der Waals surface area contributed by atoms with Crippen molar-refractivity contribution >= 4 is 39.0 Å². The summed E-state index contributed by atoms with van der Waals surface area (Å²) in [6.45, 7) is 3.28. The van der Waals surface area contributed by atoms with Crippen molar-refractivity contribution in [3.63, 3.8) is 0 Å². The smallest absolute Gasteiger partial charge is 0.340 e. The SMILES string of the molecule is CC[C@@H](C)N(C(=O)COC(=O)c1cccc(Cl)c1N)[C@@H]1CCS(=O)(=O)C1. The van der Waals surface area contributed by atoms with Gasteiger partial charge in [0, 0.05) is 12.1 Å². The number of carbonyl (C=O) groups is 2. The van der Waals surface area contributed by atoms with Gasteiger partial charge in [-0.2, -0.15) is 0 Å². The average molecular weight is 403 g/mol. The number of carbonyl (C=O) groups excluding carboxylic acids is 2. The van der Waals surface area contributed by atoms with Gasteiger partial charge in [-0.15, -0.1) is 0 Å². The third kappa shape index (κ3) is 4.67. The third-order valence-electron chi connectivity index (χ3n) is 4.56. The highest BCUT2D eigenvalue weighted by atomic mass is 35.5. The molecular weight excluding hydrogens is 380 g/mol. The van der Waals surface area contributed by atoms with E-state index in [9.17, 15) is 18.0 Å². The quantitative estimate of drug-likeness (QED) is 0.575. The summed E-state index contributed by atoms with van der Waals surface area (Å²) in [4.78, 5) is 26.3. The van der Waals surface area contributed by atoms with E-state index in [1.807, 2.05) is 13.8 Å². The van der Waals surface area contributed by atoms with Crippen LogP contribution in [0, 0.1) is 0 Å². The van der Waals surface area contributed by atoms with Crippen LogP contribution in [0.4, 0.5) is 5.69 Å². The molecule has 1 aromatic rings. The molecule has 1 saturated heterocycles. The lowest BCUT2D eigenvalue weighted by atomic mass is 10.1. The van der Waals surface area contributed by atoms with Crippen LogP contribution in [0.1, 0.15) is 37.0 Å². The zero-order valence-electron chi connectivity index (χ0n) is 14.8. The van der Waals surface area contributed by atoms with Crippen molar-refractivity contribution in [1.82, 2.24) is 4.90 Å². The van der Waals surface area contributed by atoms with Crippen LogP contribution in [0.5, 0.6) is 0 Å². The molecule has 1 aromatic carbocycles. The van der Waals surface area contributed by atoms with Crippen LogP contribution in [0.3, 0.4) is 0 Å². The molecular formula is C17H23ClN2O5S. The standard InChI is InChI=1S/C17H23ClN2O5S/c1-3-11(2)20(12-7-8-26(23,24)10-12)15(21)9-25-17(22)13-5-4-6-14(18)16(13)19/h4-6,11-12H,3,7-10,19H2,1-2H3/t11-,12-/m1/s1.